The minimum absolute atomic E-state index is 0.0231. The Labute approximate surface area is 212 Å². The van der Waals surface area contributed by atoms with Crippen LogP contribution in [0.2, 0.25) is 0 Å². The lowest BCUT2D eigenvalue weighted by Gasteiger charge is -2.44. The Morgan fingerprint density at radius 3 is 2.71 bits per heavy atom. The molecular formula is C23H23F5N8O2. The highest BCUT2D eigenvalue weighted by Gasteiger charge is 2.47. The summed E-state index contributed by atoms with van der Waals surface area (Å²) in [5.41, 5.74) is 2.09. The Hall–Kier alpha value is -3.59. The van der Waals surface area contributed by atoms with Crippen molar-refractivity contribution in [3.05, 3.63) is 30.5 Å². The number of nitrogens with one attached hydrogen (secondary N) is 1. The van der Waals surface area contributed by atoms with Crippen molar-refractivity contribution in [3.8, 4) is 17.0 Å². The first-order valence-corrected chi connectivity index (χ1v) is 11.9. The van der Waals surface area contributed by atoms with E-state index in [9.17, 15) is 22.0 Å². The molecule has 1 atom stereocenters. The van der Waals surface area contributed by atoms with Gasteiger partial charge < -0.3 is 14.8 Å². The summed E-state index contributed by atoms with van der Waals surface area (Å²) in [5, 5.41) is 14.5. The number of methoxy groups -OCH3 is 1. The number of benzene rings is 1. The fraction of sp³-hybridized carbons (Fsp3) is 0.478. The van der Waals surface area contributed by atoms with Gasteiger partial charge in [-0.2, -0.15) is 18.2 Å². The second-order valence-electron chi connectivity index (χ2n) is 9.44. The molecule has 15 heteroatoms. The number of anilines is 1. The van der Waals surface area contributed by atoms with Gasteiger partial charge in [-0.25, -0.2) is 18.0 Å². The first kappa shape index (κ1) is 24.7. The smallest absolute Gasteiger partial charge is 0.408 e. The van der Waals surface area contributed by atoms with Crippen molar-refractivity contribution in [3.63, 3.8) is 0 Å². The monoisotopic (exact) mass is 538 g/mol. The minimum Gasteiger partial charge on any atom is -0.479 e. The largest absolute Gasteiger partial charge is 0.479 e. The van der Waals surface area contributed by atoms with Crippen LogP contribution in [0.25, 0.3) is 27.7 Å². The number of ether oxygens (including phenoxy) is 2. The maximum absolute atomic E-state index is 15.0. The number of likely N-dealkylation sites (tertiary alicyclic amines) is 1. The Bertz CT molecular complexity index is 1480. The van der Waals surface area contributed by atoms with Crippen LogP contribution in [0, 0.1) is 0 Å². The molecule has 0 aliphatic carbocycles. The quantitative estimate of drug-likeness (QED) is 0.374. The average Bonchev–Trinajstić information content (AvgIpc) is 3.42. The first-order valence-electron chi connectivity index (χ1n) is 11.9. The summed E-state index contributed by atoms with van der Waals surface area (Å²) in [6.07, 6.45) is -2.66. The molecule has 1 aromatic carbocycles. The fourth-order valence-electron chi connectivity index (χ4n) is 4.89. The molecule has 0 saturated carbocycles. The van der Waals surface area contributed by atoms with Crippen LogP contribution in [0.15, 0.2) is 30.5 Å². The zero-order valence-corrected chi connectivity index (χ0v) is 20.1. The van der Waals surface area contributed by atoms with E-state index in [1.165, 1.54) is 11.6 Å². The highest BCUT2D eigenvalue weighted by molar-refractivity contribution is 5.89. The van der Waals surface area contributed by atoms with E-state index in [0.717, 1.165) is 4.68 Å². The van der Waals surface area contributed by atoms with Crippen LogP contribution in [0.4, 0.5) is 27.9 Å². The van der Waals surface area contributed by atoms with Crippen LogP contribution < -0.4 is 10.1 Å². The molecule has 10 nitrogen and oxygen atoms in total. The van der Waals surface area contributed by atoms with E-state index in [1.807, 2.05) is 0 Å². The number of halogens is 5. The highest BCUT2D eigenvalue weighted by atomic mass is 19.4. The Kier molecular flexibility index (Phi) is 5.86. The molecule has 0 spiro atoms. The molecule has 3 aromatic heterocycles. The van der Waals surface area contributed by atoms with E-state index in [1.54, 1.807) is 35.4 Å². The molecule has 2 saturated heterocycles. The number of piperidine rings is 1. The molecule has 0 unspecified atom stereocenters. The summed E-state index contributed by atoms with van der Waals surface area (Å²) in [7, 11) is 1.39. The lowest BCUT2D eigenvalue weighted by atomic mass is 9.98. The first-order chi connectivity index (χ1) is 18.1. The van der Waals surface area contributed by atoms with Crippen molar-refractivity contribution in [1.82, 2.24) is 34.5 Å². The van der Waals surface area contributed by atoms with Gasteiger partial charge in [0.05, 0.1) is 44.5 Å². The summed E-state index contributed by atoms with van der Waals surface area (Å²) in [6, 6.07) is 5.36. The molecule has 2 aliphatic heterocycles. The van der Waals surface area contributed by atoms with Gasteiger partial charge in [-0.15, -0.1) is 10.2 Å². The lowest BCUT2D eigenvalue weighted by molar-refractivity contribution is -0.142. The number of nitrogens with zero attached hydrogens (tertiary/aromatic N) is 7. The van der Waals surface area contributed by atoms with Gasteiger partial charge >= 0.3 is 6.18 Å². The maximum Gasteiger partial charge on any atom is 0.408 e. The predicted octanol–water partition coefficient (Wildman–Crippen LogP) is 3.23. The summed E-state index contributed by atoms with van der Waals surface area (Å²) >= 11 is 0. The van der Waals surface area contributed by atoms with Gasteiger partial charge in [0.2, 0.25) is 11.8 Å². The Morgan fingerprint density at radius 2 is 2.03 bits per heavy atom. The van der Waals surface area contributed by atoms with Crippen molar-refractivity contribution in [2.75, 3.05) is 38.7 Å². The second kappa shape index (κ2) is 9.01. The van der Waals surface area contributed by atoms with Gasteiger partial charge in [-0.3, -0.25) is 4.90 Å². The number of aromatic nitrogens is 6. The third kappa shape index (κ3) is 4.49. The van der Waals surface area contributed by atoms with E-state index in [0.29, 0.717) is 41.9 Å². The number of hydrogen-bond donors (Lipinski definition) is 1. The molecule has 38 heavy (non-hydrogen) atoms. The molecule has 5 heterocycles. The van der Waals surface area contributed by atoms with E-state index < -0.39 is 24.7 Å². The van der Waals surface area contributed by atoms with E-state index in [-0.39, 0.29) is 36.4 Å². The Morgan fingerprint density at radius 1 is 1.21 bits per heavy atom. The normalized spacial score (nSPS) is 20.6. The Balaban J connectivity index is 1.30. The van der Waals surface area contributed by atoms with Crippen molar-refractivity contribution < 1.29 is 31.4 Å². The third-order valence-electron chi connectivity index (χ3n) is 6.90. The number of rotatable bonds is 6. The van der Waals surface area contributed by atoms with Gasteiger partial charge in [0.1, 0.15) is 17.6 Å². The van der Waals surface area contributed by atoms with Gasteiger partial charge in [0.25, 0.3) is 5.92 Å². The van der Waals surface area contributed by atoms with Crippen LogP contribution in [0.5, 0.6) is 5.88 Å². The zero-order valence-electron chi connectivity index (χ0n) is 20.1. The van der Waals surface area contributed by atoms with Crippen molar-refractivity contribution >= 4 is 22.5 Å². The van der Waals surface area contributed by atoms with Gasteiger partial charge in [0.15, 0.2) is 0 Å². The third-order valence-corrected chi connectivity index (χ3v) is 6.90. The molecule has 2 aliphatic rings. The standard InChI is InChI=1S/C23H23F5N8O2/c1-37-20-19-15(13-2-3-16-17(8-13)36(33-31-16)12-23(26,27)28)4-7-35(19)32-21(30-20)29-18-5-6-34(11-22(18,24)25)14-9-38-10-14/h2-4,7-8,14,18H,5-6,9-12H2,1H3,(H,29,32)/t18-/m1/s1. The predicted molar refractivity (Wildman–Crippen MR) is 125 cm³/mol. The minimum atomic E-state index is -4.46. The van der Waals surface area contributed by atoms with E-state index in [2.05, 4.69) is 25.7 Å². The molecular weight excluding hydrogens is 515 g/mol. The molecule has 4 aromatic rings. The highest BCUT2D eigenvalue weighted by Crippen LogP contribution is 2.35. The second-order valence-corrected chi connectivity index (χ2v) is 9.44. The molecule has 202 valence electrons. The van der Waals surface area contributed by atoms with Crippen molar-refractivity contribution in [1.29, 1.82) is 0 Å². The maximum atomic E-state index is 15.0. The van der Waals surface area contributed by atoms with E-state index >= 15 is 0 Å². The van der Waals surface area contributed by atoms with Crippen LogP contribution in [0.1, 0.15) is 6.42 Å². The van der Waals surface area contributed by atoms with Gasteiger partial charge in [-0.05, 0) is 30.2 Å². The van der Waals surface area contributed by atoms with E-state index in [4.69, 9.17) is 9.47 Å². The number of alkyl halides is 5. The molecule has 2 fully saturated rings. The van der Waals surface area contributed by atoms with Crippen molar-refractivity contribution in [2.24, 2.45) is 0 Å². The van der Waals surface area contributed by atoms with Crippen LogP contribution in [-0.4, -0.2) is 92.1 Å². The topological polar surface area (TPSA) is 94.6 Å². The average molecular weight is 538 g/mol. The summed E-state index contributed by atoms with van der Waals surface area (Å²) in [4.78, 5) is 6.07. The molecule has 0 radical (unpaired) electrons. The summed E-state index contributed by atoms with van der Waals surface area (Å²) in [5.74, 6) is -2.91. The van der Waals surface area contributed by atoms with Crippen molar-refractivity contribution in [2.45, 2.75) is 37.1 Å². The van der Waals surface area contributed by atoms with Gasteiger partial charge in [0, 0.05) is 18.3 Å². The van der Waals surface area contributed by atoms with Crippen LogP contribution >= 0.6 is 0 Å². The summed E-state index contributed by atoms with van der Waals surface area (Å²) < 4.78 is 81.7. The van der Waals surface area contributed by atoms with Gasteiger partial charge in [-0.1, -0.05) is 11.3 Å². The number of fused-ring (bicyclic) bond motifs is 2. The molecule has 0 amide bonds. The molecule has 1 N–H and O–H groups in total. The fourth-order valence-corrected chi connectivity index (χ4v) is 4.89. The summed E-state index contributed by atoms with van der Waals surface area (Å²) in [6.45, 7) is -0.224. The zero-order chi connectivity index (χ0) is 26.7. The van der Waals surface area contributed by atoms with Crippen LogP contribution in [0.3, 0.4) is 0 Å². The molecule has 6 rings (SSSR count). The molecule has 0 bridgehead atoms. The van der Waals surface area contributed by atoms with Crippen LogP contribution in [-0.2, 0) is 11.3 Å². The number of hydrogen-bond acceptors (Lipinski definition) is 8. The lowest BCUT2D eigenvalue weighted by Crippen LogP contribution is -2.61. The SMILES string of the molecule is COc1nc(N[C@@H]2CCN(C3COC3)CC2(F)F)nn2ccc(-c3ccc4nnn(CC(F)(F)F)c4c3)c12.